The molecule has 0 amide bonds. The molecule has 0 fully saturated rings. The van der Waals surface area contributed by atoms with E-state index in [1.807, 2.05) is 48.5 Å². The average molecular weight is 422 g/mol. The quantitative estimate of drug-likeness (QED) is 0.484. The van der Waals surface area contributed by atoms with Crippen LogP contribution in [0.25, 0.3) is 0 Å². The fourth-order valence-corrected chi connectivity index (χ4v) is 3.51. The van der Waals surface area contributed by atoms with Crippen molar-refractivity contribution < 1.29 is 19.3 Å². The molecule has 2 atom stereocenters. The summed E-state index contributed by atoms with van der Waals surface area (Å²) in [5.41, 5.74) is 4.40. The summed E-state index contributed by atoms with van der Waals surface area (Å²) in [4.78, 5) is 0. The molecule has 3 aromatic rings. The SMILES string of the molecule is COc1ccc(CNC[C@@H](O)CO[C@@H](c2ccccc2)c2ccccc2C)cc1OC. The van der Waals surface area contributed by atoms with Crippen molar-refractivity contribution in [3.05, 3.63) is 95.1 Å². The van der Waals surface area contributed by atoms with Crippen LogP contribution in [0.15, 0.2) is 72.8 Å². The zero-order valence-corrected chi connectivity index (χ0v) is 18.4. The van der Waals surface area contributed by atoms with Gasteiger partial charge >= 0.3 is 0 Å². The lowest BCUT2D eigenvalue weighted by molar-refractivity contribution is 0.00627. The molecular formula is C26H31NO4. The Morgan fingerprint density at radius 2 is 1.58 bits per heavy atom. The van der Waals surface area contributed by atoms with Crippen LogP contribution in [0.2, 0.25) is 0 Å². The van der Waals surface area contributed by atoms with Gasteiger partial charge in [0, 0.05) is 13.1 Å². The maximum atomic E-state index is 10.5. The van der Waals surface area contributed by atoms with E-state index >= 15 is 0 Å². The highest BCUT2D eigenvalue weighted by Crippen LogP contribution is 2.29. The Morgan fingerprint density at radius 1 is 0.871 bits per heavy atom. The second kappa shape index (κ2) is 11.5. The van der Waals surface area contributed by atoms with Crippen LogP contribution in [0.5, 0.6) is 11.5 Å². The highest BCUT2D eigenvalue weighted by Gasteiger charge is 2.18. The Bertz CT molecular complexity index is 945. The van der Waals surface area contributed by atoms with Crippen LogP contribution in [0.3, 0.4) is 0 Å². The molecule has 0 radical (unpaired) electrons. The van der Waals surface area contributed by atoms with E-state index in [9.17, 15) is 5.11 Å². The molecular weight excluding hydrogens is 390 g/mol. The zero-order chi connectivity index (χ0) is 22.1. The van der Waals surface area contributed by atoms with Crippen LogP contribution in [-0.4, -0.2) is 38.6 Å². The molecule has 3 rings (SSSR count). The van der Waals surface area contributed by atoms with Gasteiger partial charge in [-0.15, -0.1) is 0 Å². The summed E-state index contributed by atoms with van der Waals surface area (Å²) in [5.74, 6) is 1.39. The van der Waals surface area contributed by atoms with Gasteiger partial charge in [0.05, 0.1) is 26.9 Å². The van der Waals surface area contributed by atoms with E-state index in [2.05, 4.69) is 36.5 Å². The molecule has 3 aromatic carbocycles. The van der Waals surface area contributed by atoms with Crippen LogP contribution in [-0.2, 0) is 11.3 Å². The minimum atomic E-state index is -0.629. The Morgan fingerprint density at radius 3 is 2.29 bits per heavy atom. The van der Waals surface area contributed by atoms with Gasteiger partial charge in [-0.05, 0) is 41.3 Å². The predicted octanol–water partition coefficient (Wildman–Crippen LogP) is 4.27. The fraction of sp³-hybridized carbons (Fsp3) is 0.308. The number of hydrogen-bond donors (Lipinski definition) is 2. The van der Waals surface area contributed by atoms with Gasteiger partial charge in [-0.3, -0.25) is 0 Å². The van der Waals surface area contributed by atoms with Crippen LogP contribution < -0.4 is 14.8 Å². The number of aryl methyl sites for hydroxylation is 1. The Labute approximate surface area is 184 Å². The molecule has 0 bridgehead atoms. The number of aliphatic hydroxyl groups is 1. The first kappa shape index (κ1) is 22.8. The first-order chi connectivity index (χ1) is 15.1. The fourth-order valence-electron chi connectivity index (χ4n) is 3.51. The van der Waals surface area contributed by atoms with Gasteiger partial charge in [-0.1, -0.05) is 60.7 Å². The van der Waals surface area contributed by atoms with Crippen LogP contribution in [0.4, 0.5) is 0 Å². The number of rotatable bonds is 11. The van der Waals surface area contributed by atoms with Gasteiger partial charge in [0.1, 0.15) is 6.10 Å². The van der Waals surface area contributed by atoms with E-state index in [-0.39, 0.29) is 12.7 Å². The van der Waals surface area contributed by atoms with Gasteiger partial charge in [0.15, 0.2) is 11.5 Å². The first-order valence-corrected chi connectivity index (χ1v) is 10.4. The minimum absolute atomic E-state index is 0.220. The van der Waals surface area contributed by atoms with E-state index in [1.165, 1.54) is 0 Å². The monoisotopic (exact) mass is 421 g/mol. The Hall–Kier alpha value is -2.86. The van der Waals surface area contributed by atoms with Crippen molar-refractivity contribution in [2.24, 2.45) is 0 Å². The largest absolute Gasteiger partial charge is 0.493 e. The molecule has 0 unspecified atom stereocenters. The summed E-state index contributed by atoms with van der Waals surface area (Å²) in [5, 5.41) is 13.8. The number of ether oxygens (including phenoxy) is 3. The number of methoxy groups -OCH3 is 2. The molecule has 0 aliphatic carbocycles. The standard InChI is InChI=1S/C26H31NO4/c1-19-9-7-8-12-23(19)26(21-10-5-4-6-11-21)31-18-22(28)17-27-16-20-13-14-24(29-2)25(15-20)30-3/h4-15,22,26-28H,16-18H2,1-3H3/t22-,26+/m1/s1. The number of benzene rings is 3. The molecule has 164 valence electrons. The summed E-state index contributed by atoms with van der Waals surface area (Å²) in [7, 11) is 3.24. The summed E-state index contributed by atoms with van der Waals surface area (Å²) in [6, 6.07) is 24.1. The maximum Gasteiger partial charge on any atom is 0.161 e. The maximum absolute atomic E-state index is 10.5. The van der Waals surface area contributed by atoms with Gasteiger partial charge in [-0.2, -0.15) is 0 Å². The predicted molar refractivity (Wildman–Crippen MR) is 123 cm³/mol. The lowest BCUT2D eigenvalue weighted by Crippen LogP contribution is -2.30. The molecule has 0 saturated heterocycles. The number of aliphatic hydroxyl groups excluding tert-OH is 1. The molecule has 0 saturated carbocycles. The van der Waals surface area contributed by atoms with E-state index in [1.54, 1.807) is 14.2 Å². The topological polar surface area (TPSA) is 60.0 Å². The highest BCUT2D eigenvalue weighted by atomic mass is 16.5. The molecule has 31 heavy (non-hydrogen) atoms. The molecule has 5 heteroatoms. The first-order valence-electron chi connectivity index (χ1n) is 10.4. The summed E-state index contributed by atoms with van der Waals surface area (Å²) < 4.78 is 16.8. The Balaban J connectivity index is 1.56. The van der Waals surface area contributed by atoms with Crippen LogP contribution in [0, 0.1) is 6.92 Å². The molecule has 2 N–H and O–H groups in total. The van der Waals surface area contributed by atoms with Crippen molar-refractivity contribution in [3.8, 4) is 11.5 Å². The van der Waals surface area contributed by atoms with Crippen LogP contribution in [0.1, 0.15) is 28.4 Å². The summed E-state index contributed by atoms with van der Waals surface area (Å²) >= 11 is 0. The van der Waals surface area contributed by atoms with E-state index in [4.69, 9.17) is 14.2 Å². The average Bonchev–Trinajstić information content (AvgIpc) is 2.81. The summed E-state index contributed by atoms with van der Waals surface area (Å²) in [6.45, 7) is 3.34. The normalized spacial score (nSPS) is 12.9. The zero-order valence-electron chi connectivity index (χ0n) is 18.4. The third-order valence-electron chi connectivity index (χ3n) is 5.19. The van der Waals surface area contributed by atoms with Crippen molar-refractivity contribution in [1.29, 1.82) is 0 Å². The molecule has 0 aromatic heterocycles. The van der Waals surface area contributed by atoms with E-state index in [0.29, 0.717) is 24.6 Å². The van der Waals surface area contributed by atoms with Crippen LogP contribution >= 0.6 is 0 Å². The second-order valence-electron chi connectivity index (χ2n) is 7.45. The van der Waals surface area contributed by atoms with Gasteiger partial charge < -0.3 is 24.6 Å². The van der Waals surface area contributed by atoms with Crippen molar-refractivity contribution >= 4 is 0 Å². The molecule has 0 spiro atoms. The second-order valence-corrected chi connectivity index (χ2v) is 7.45. The van der Waals surface area contributed by atoms with Crippen molar-refractivity contribution in [2.75, 3.05) is 27.4 Å². The lowest BCUT2D eigenvalue weighted by atomic mass is 9.97. The Kier molecular flexibility index (Phi) is 8.47. The lowest BCUT2D eigenvalue weighted by Gasteiger charge is -2.22. The summed E-state index contributed by atoms with van der Waals surface area (Å²) in [6.07, 6.45) is -0.849. The van der Waals surface area contributed by atoms with E-state index < -0.39 is 6.10 Å². The minimum Gasteiger partial charge on any atom is -0.493 e. The van der Waals surface area contributed by atoms with Gasteiger partial charge in [-0.25, -0.2) is 0 Å². The molecule has 0 heterocycles. The molecule has 5 nitrogen and oxygen atoms in total. The smallest absolute Gasteiger partial charge is 0.161 e. The molecule has 0 aliphatic rings. The van der Waals surface area contributed by atoms with Crippen molar-refractivity contribution in [1.82, 2.24) is 5.32 Å². The number of nitrogens with one attached hydrogen (secondary N) is 1. The van der Waals surface area contributed by atoms with Crippen molar-refractivity contribution in [2.45, 2.75) is 25.7 Å². The van der Waals surface area contributed by atoms with Gasteiger partial charge in [0.25, 0.3) is 0 Å². The van der Waals surface area contributed by atoms with Gasteiger partial charge in [0.2, 0.25) is 0 Å². The molecule has 0 aliphatic heterocycles. The highest BCUT2D eigenvalue weighted by molar-refractivity contribution is 5.42. The number of hydrogen-bond acceptors (Lipinski definition) is 5. The van der Waals surface area contributed by atoms with Crippen molar-refractivity contribution in [3.63, 3.8) is 0 Å². The van der Waals surface area contributed by atoms with E-state index in [0.717, 1.165) is 22.3 Å². The third kappa shape index (κ3) is 6.31. The third-order valence-corrected chi connectivity index (χ3v) is 5.19.